The number of fused-ring (bicyclic) bond motifs is 5. The van der Waals surface area contributed by atoms with E-state index in [1.807, 2.05) is 0 Å². The van der Waals surface area contributed by atoms with Gasteiger partial charge in [0.05, 0.1) is 11.7 Å². The van der Waals surface area contributed by atoms with Crippen LogP contribution in [0.3, 0.4) is 0 Å². The largest absolute Gasteiger partial charge is 0.390 e. The Hall–Kier alpha value is -1.19. The minimum Gasteiger partial charge on any atom is -0.390 e. The summed E-state index contributed by atoms with van der Waals surface area (Å²) in [7, 11) is 0. The summed E-state index contributed by atoms with van der Waals surface area (Å²) < 4.78 is 13.3. The van der Waals surface area contributed by atoms with Crippen molar-refractivity contribution in [3.63, 3.8) is 0 Å². The van der Waals surface area contributed by atoms with Crippen LogP contribution in [0.15, 0.2) is 35.9 Å². The fourth-order valence-electron chi connectivity index (χ4n) is 9.46. The first-order valence-corrected chi connectivity index (χ1v) is 14.4. The van der Waals surface area contributed by atoms with Gasteiger partial charge in [0.25, 0.3) is 0 Å². The zero-order valence-corrected chi connectivity index (χ0v) is 22.4. The summed E-state index contributed by atoms with van der Waals surface area (Å²) in [6, 6.07) is 6.33. The maximum absolute atomic E-state index is 13.3. The van der Waals surface area contributed by atoms with E-state index in [1.54, 1.807) is 17.7 Å². The van der Waals surface area contributed by atoms with Crippen LogP contribution in [0.2, 0.25) is 0 Å². The van der Waals surface area contributed by atoms with Crippen molar-refractivity contribution < 1.29 is 14.6 Å². The number of hydrogen-bond donors (Lipinski definition) is 2. The molecule has 0 aromatic heterocycles. The number of halogens is 1. The first-order valence-electron chi connectivity index (χ1n) is 14.4. The fourth-order valence-corrected chi connectivity index (χ4v) is 9.46. The lowest BCUT2D eigenvalue weighted by molar-refractivity contribution is -0.0757. The van der Waals surface area contributed by atoms with Crippen LogP contribution in [0.5, 0.6) is 0 Å². The van der Waals surface area contributed by atoms with Gasteiger partial charge >= 0.3 is 0 Å². The van der Waals surface area contributed by atoms with E-state index in [1.165, 1.54) is 44.2 Å². The van der Waals surface area contributed by atoms with Gasteiger partial charge in [-0.05, 0) is 129 Å². The van der Waals surface area contributed by atoms with Gasteiger partial charge in [0.2, 0.25) is 0 Å². The van der Waals surface area contributed by atoms with Crippen LogP contribution in [0, 0.1) is 46.2 Å². The highest BCUT2D eigenvalue weighted by Gasteiger charge is 2.59. The highest BCUT2D eigenvalue weighted by molar-refractivity contribution is 5.27. The third kappa shape index (κ3) is 4.33. The first-order chi connectivity index (χ1) is 16.6. The Labute approximate surface area is 212 Å². The fraction of sp³-hybridized carbons (Fsp3) is 0.750. The maximum atomic E-state index is 13.3. The lowest BCUT2D eigenvalue weighted by atomic mass is 9.46. The van der Waals surface area contributed by atoms with E-state index < -0.39 is 11.7 Å². The number of aliphatic hydroxyl groups excluding tert-OH is 1. The molecule has 0 spiro atoms. The number of rotatable bonds is 6. The van der Waals surface area contributed by atoms with Crippen LogP contribution < -0.4 is 0 Å². The van der Waals surface area contributed by atoms with Gasteiger partial charge in [-0.1, -0.05) is 51.5 Å². The molecule has 0 amide bonds. The Morgan fingerprint density at radius 2 is 1.74 bits per heavy atom. The molecule has 2 nitrogen and oxygen atoms in total. The van der Waals surface area contributed by atoms with Crippen LogP contribution >= 0.6 is 0 Å². The van der Waals surface area contributed by atoms with E-state index in [0.717, 1.165) is 67.8 Å². The number of aliphatic hydroxyl groups is 2. The molecule has 5 rings (SSSR count). The minimum absolute atomic E-state index is 0.248. The lowest BCUT2D eigenvalue weighted by Gasteiger charge is -2.59. The second-order valence-electron chi connectivity index (χ2n) is 13.4. The van der Waals surface area contributed by atoms with Crippen LogP contribution in [-0.2, 0) is 0 Å². The number of allylic oxidation sites excluding steroid dienone is 1. The topological polar surface area (TPSA) is 40.5 Å². The molecule has 0 saturated heterocycles. The van der Waals surface area contributed by atoms with Gasteiger partial charge in [-0.25, -0.2) is 4.39 Å². The van der Waals surface area contributed by atoms with Crippen molar-refractivity contribution in [3.05, 3.63) is 47.3 Å². The predicted octanol–water partition coefficient (Wildman–Crippen LogP) is 8.00. The molecule has 35 heavy (non-hydrogen) atoms. The molecule has 4 aliphatic carbocycles. The van der Waals surface area contributed by atoms with Crippen LogP contribution in [0.25, 0.3) is 0 Å². The van der Waals surface area contributed by atoms with Crippen LogP contribution in [0.1, 0.15) is 110 Å². The van der Waals surface area contributed by atoms with E-state index in [4.69, 9.17) is 0 Å². The monoisotopic (exact) mass is 482 g/mol. The van der Waals surface area contributed by atoms with Gasteiger partial charge < -0.3 is 10.2 Å². The lowest BCUT2D eigenvalue weighted by Crippen LogP contribution is -2.52. The normalized spacial score (nSPS) is 42.4. The highest BCUT2D eigenvalue weighted by atomic mass is 19.1. The molecule has 3 heteroatoms. The van der Waals surface area contributed by atoms with E-state index in [9.17, 15) is 14.6 Å². The summed E-state index contributed by atoms with van der Waals surface area (Å²) in [5, 5.41) is 21.7. The zero-order valence-electron chi connectivity index (χ0n) is 22.4. The molecule has 1 unspecified atom stereocenters. The summed E-state index contributed by atoms with van der Waals surface area (Å²) in [5.41, 5.74) is 2.61. The average molecular weight is 483 g/mol. The Kier molecular flexibility index (Phi) is 6.75. The molecule has 4 aliphatic rings. The smallest absolute Gasteiger partial charge is 0.123 e. The average Bonchev–Trinajstić information content (AvgIpc) is 3.20. The molecule has 0 aliphatic heterocycles. The molecule has 194 valence electrons. The Balaban J connectivity index is 1.27. The summed E-state index contributed by atoms with van der Waals surface area (Å²) in [5.74, 6) is 3.44. The van der Waals surface area contributed by atoms with Crippen LogP contribution in [-0.4, -0.2) is 15.8 Å². The standard InChI is InChI=1S/C32H47FO2/c1-5-32(35)19-18-30(3)23(20-32)9-12-25-27-14-13-26(31(27,4)17-16-28(25)30)21(2)6-15-29(34)22-7-10-24(33)11-8-22/h7-11,21,25-29,34-35H,5-6,12-20H2,1-4H3/t21-,25+,26-,27+,28+,29?,30+,31-,32+/m1/s1. The van der Waals surface area contributed by atoms with Crippen molar-refractivity contribution in [2.24, 2.45) is 40.4 Å². The van der Waals surface area contributed by atoms with Gasteiger partial charge in [0, 0.05) is 0 Å². The van der Waals surface area contributed by atoms with Crippen molar-refractivity contribution in [2.75, 3.05) is 0 Å². The van der Waals surface area contributed by atoms with Gasteiger partial charge in [0.15, 0.2) is 0 Å². The molecule has 1 aromatic rings. The minimum atomic E-state index is -0.506. The SMILES string of the molecule is CC[C@]1(O)CC[C@@]2(C)C(=CC[C@H]3[C@@H]4CC[C@H]([C@H](C)CCC(O)c5ccc(F)cc5)[C@@]4(C)CC[C@@H]32)C1. The maximum Gasteiger partial charge on any atom is 0.123 e. The molecule has 3 saturated carbocycles. The third-order valence-electron chi connectivity index (χ3n) is 11.8. The van der Waals surface area contributed by atoms with E-state index in [2.05, 4.69) is 33.8 Å². The van der Waals surface area contributed by atoms with E-state index >= 15 is 0 Å². The van der Waals surface area contributed by atoms with Gasteiger partial charge in [-0.15, -0.1) is 0 Å². The van der Waals surface area contributed by atoms with Crippen molar-refractivity contribution in [3.8, 4) is 0 Å². The zero-order chi connectivity index (χ0) is 25.0. The first kappa shape index (κ1) is 25.5. The van der Waals surface area contributed by atoms with Gasteiger partial charge in [0.1, 0.15) is 5.82 Å². The Morgan fingerprint density at radius 3 is 2.46 bits per heavy atom. The molecule has 1 aromatic carbocycles. The Bertz CT molecular complexity index is 939. The second-order valence-corrected chi connectivity index (χ2v) is 13.4. The molecule has 0 heterocycles. The van der Waals surface area contributed by atoms with Crippen molar-refractivity contribution in [1.82, 2.24) is 0 Å². The van der Waals surface area contributed by atoms with Gasteiger partial charge in [-0.3, -0.25) is 0 Å². The van der Waals surface area contributed by atoms with Crippen molar-refractivity contribution >= 4 is 0 Å². The summed E-state index contributed by atoms with van der Waals surface area (Å²) >= 11 is 0. The number of benzene rings is 1. The molecular formula is C32H47FO2. The molecule has 9 atom stereocenters. The third-order valence-corrected chi connectivity index (χ3v) is 11.8. The van der Waals surface area contributed by atoms with Gasteiger partial charge in [-0.2, -0.15) is 0 Å². The molecule has 2 N–H and O–H groups in total. The molecular weight excluding hydrogens is 435 g/mol. The highest BCUT2D eigenvalue weighted by Crippen LogP contribution is 2.67. The van der Waals surface area contributed by atoms with E-state index in [-0.39, 0.29) is 11.2 Å². The molecule has 0 bridgehead atoms. The second kappa shape index (κ2) is 9.28. The van der Waals surface area contributed by atoms with Crippen LogP contribution in [0.4, 0.5) is 4.39 Å². The quantitative estimate of drug-likeness (QED) is 0.403. The summed E-state index contributed by atoms with van der Waals surface area (Å²) in [4.78, 5) is 0. The Morgan fingerprint density at radius 1 is 1.00 bits per heavy atom. The predicted molar refractivity (Wildman–Crippen MR) is 140 cm³/mol. The molecule has 3 fully saturated rings. The van der Waals surface area contributed by atoms with Crippen molar-refractivity contribution in [1.29, 1.82) is 0 Å². The summed E-state index contributed by atoms with van der Waals surface area (Å²) in [6.45, 7) is 9.67. The van der Waals surface area contributed by atoms with Crippen molar-refractivity contribution in [2.45, 2.75) is 110 Å². The summed E-state index contributed by atoms with van der Waals surface area (Å²) in [6.07, 6.45) is 14.2. The number of hydrogen-bond acceptors (Lipinski definition) is 2. The van der Waals surface area contributed by atoms with E-state index in [0.29, 0.717) is 11.3 Å². The molecule has 0 radical (unpaired) electrons.